The molecule has 1 saturated heterocycles. The van der Waals surface area contributed by atoms with E-state index in [1.165, 1.54) is 0 Å². The van der Waals surface area contributed by atoms with Gasteiger partial charge in [0, 0.05) is 19.6 Å². The molecule has 0 bridgehead atoms. The SMILES string of the molecule is CCCOc1ccc(C(C(N)=O)N2CCCNCC2)cc1. The van der Waals surface area contributed by atoms with Crippen LogP contribution in [0.25, 0.3) is 0 Å². The Kier molecular flexibility index (Phi) is 6.02. The largest absolute Gasteiger partial charge is 0.494 e. The maximum absolute atomic E-state index is 11.9. The monoisotopic (exact) mass is 291 g/mol. The van der Waals surface area contributed by atoms with Crippen LogP contribution in [0.1, 0.15) is 31.4 Å². The molecule has 1 unspecified atom stereocenters. The molecule has 1 aromatic carbocycles. The van der Waals surface area contributed by atoms with Crippen LogP contribution in [-0.4, -0.2) is 43.6 Å². The van der Waals surface area contributed by atoms with E-state index in [1.54, 1.807) is 0 Å². The molecule has 1 atom stereocenters. The lowest BCUT2D eigenvalue weighted by molar-refractivity contribution is -0.123. The van der Waals surface area contributed by atoms with E-state index < -0.39 is 0 Å². The summed E-state index contributed by atoms with van der Waals surface area (Å²) in [5.74, 6) is 0.542. The van der Waals surface area contributed by atoms with E-state index >= 15 is 0 Å². The van der Waals surface area contributed by atoms with Crippen molar-refractivity contribution in [1.82, 2.24) is 10.2 Å². The Bertz CT molecular complexity index is 439. The summed E-state index contributed by atoms with van der Waals surface area (Å²) in [6, 6.07) is 7.36. The predicted molar refractivity (Wildman–Crippen MR) is 83.2 cm³/mol. The van der Waals surface area contributed by atoms with E-state index in [1.807, 2.05) is 24.3 Å². The molecule has 1 aliphatic heterocycles. The molecule has 1 aromatic rings. The quantitative estimate of drug-likeness (QED) is 0.829. The molecule has 116 valence electrons. The second-order valence-corrected chi connectivity index (χ2v) is 5.36. The highest BCUT2D eigenvalue weighted by Crippen LogP contribution is 2.23. The molecule has 0 radical (unpaired) electrons. The number of benzene rings is 1. The van der Waals surface area contributed by atoms with Crippen LogP contribution in [0.5, 0.6) is 5.75 Å². The normalized spacial score (nSPS) is 18.0. The van der Waals surface area contributed by atoms with Crippen LogP contribution in [-0.2, 0) is 4.79 Å². The highest BCUT2D eigenvalue weighted by molar-refractivity contribution is 5.81. The van der Waals surface area contributed by atoms with E-state index in [0.29, 0.717) is 6.61 Å². The number of nitrogens with two attached hydrogens (primary N) is 1. The molecule has 3 N–H and O–H groups in total. The Morgan fingerprint density at radius 3 is 2.76 bits per heavy atom. The van der Waals surface area contributed by atoms with Crippen LogP contribution >= 0.6 is 0 Å². The number of hydrogen-bond donors (Lipinski definition) is 2. The zero-order valence-electron chi connectivity index (χ0n) is 12.7. The summed E-state index contributed by atoms with van der Waals surface area (Å²) >= 11 is 0. The lowest BCUT2D eigenvalue weighted by atomic mass is 10.0. The van der Waals surface area contributed by atoms with E-state index in [9.17, 15) is 4.79 Å². The minimum atomic E-state index is -0.356. The predicted octanol–water partition coefficient (Wildman–Crippen LogP) is 1.30. The van der Waals surface area contributed by atoms with E-state index in [2.05, 4.69) is 17.1 Å². The van der Waals surface area contributed by atoms with Crippen LogP contribution in [0.3, 0.4) is 0 Å². The fraction of sp³-hybridized carbons (Fsp3) is 0.562. The van der Waals surface area contributed by atoms with Crippen molar-refractivity contribution in [2.45, 2.75) is 25.8 Å². The maximum Gasteiger partial charge on any atom is 0.239 e. The molecule has 5 heteroatoms. The third-order valence-corrected chi connectivity index (χ3v) is 3.68. The van der Waals surface area contributed by atoms with Gasteiger partial charge in [0.1, 0.15) is 11.8 Å². The third kappa shape index (κ3) is 4.44. The van der Waals surface area contributed by atoms with E-state index in [0.717, 1.165) is 50.3 Å². The van der Waals surface area contributed by atoms with Crippen LogP contribution < -0.4 is 15.8 Å². The number of rotatable bonds is 6. The van der Waals surface area contributed by atoms with Crippen molar-refractivity contribution >= 4 is 5.91 Å². The van der Waals surface area contributed by atoms with Crippen molar-refractivity contribution in [2.75, 3.05) is 32.8 Å². The second-order valence-electron chi connectivity index (χ2n) is 5.36. The number of carbonyl (C=O) groups is 1. The summed E-state index contributed by atoms with van der Waals surface area (Å²) in [5, 5.41) is 3.34. The molecule has 1 fully saturated rings. The minimum absolute atomic E-state index is 0.292. The van der Waals surface area contributed by atoms with Gasteiger partial charge in [-0.15, -0.1) is 0 Å². The van der Waals surface area contributed by atoms with Gasteiger partial charge in [0.15, 0.2) is 0 Å². The Labute approximate surface area is 126 Å². The molecule has 21 heavy (non-hydrogen) atoms. The standard InChI is InChI=1S/C16H25N3O2/c1-2-12-21-14-6-4-13(5-7-14)15(16(17)20)19-10-3-8-18-9-11-19/h4-7,15,18H,2-3,8-12H2,1H3,(H2,17,20). The highest BCUT2D eigenvalue weighted by Gasteiger charge is 2.26. The first-order chi connectivity index (χ1) is 10.2. The molecule has 0 spiro atoms. The summed E-state index contributed by atoms with van der Waals surface area (Å²) in [5.41, 5.74) is 6.57. The van der Waals surface area contributed by atoms with E-state index in [-0.39, 0.29) is 11.9 Å². The first-order valence-electron chi connectivity index (χ1n) is 7.69. The summed E-state index contributed by atoms with van der Waals surface area (Å²) in [6.07, 6.45) is 2.01. The first-order valence-corrected chi connectivity index (χ1v) is 7.69. The number of primary amides is 1. The van der Waals surface area contributed by atoms with Crippen molar-refractivity contribution in [1.29, 1.82) is 0 Å². The molecule has 2 rings (SSSR count). The van der Waals surface area contributed by atoms with Crippen molar-refractivity contribution in [3.05, 3.63) is 29.8 Å². The minimum Gasteiger partial charge on any atom is -0.494 e. The molecular formula is C16H25N3O2. The van der Waals surface area contributed by atoms with Gasteiger partial charge in [0.05, 0.1) is 6.61 Å². The van der Waals surface area contributed by atoms with Crippen LogP contribution in [0, 0.1) is 0 Å². The van der Waals surface area contributed by atoms with Gasteiger partial charge in [-0.05, 0) is 37.1 Å². The number of hydrogen-bond acceptors (Lipinski definition) is 4. The molecule has 5 nitrogen and oxygen atoms in total. The first kappa shape index (κ1) is 15.8. The highest BCUT2D eigenvalue weighted by atomic mass is 16.5. The third-order valence-electron chi connectivity index (χ3n) is 3.68. The zero-order chi connectivity index (χ0) is 15.1. The number of amides is 1. The Morgan fingerprint density at radius 1 is 1.33 bits per heavy atom. The van der Waals surface area contributed by atoms with Crippen molar-refractivity contribution in [3.63, 3.8) is 0 Å². The summed E-state index contributed by atoms with van der Waals surface area (Å²) in [7, 11) is 0. The molecule has 0 aromatic heterocycles. The summed E-state index contributed by atoms with van der Waals surface area (Å²) < 4.78 is 5.58. The number of carbonyl (C=O) groups excluding carboxylic acids is 1. The van der Waals surface area contributed by atoms with Gasteiger partial charge in [-0.2, -0.15) is 0 Å². The Balaban J connectivity index is 2.11. The van der Waals surface area contributed by atoms with Crippen molar-refractivity contribution in [2.24, 2.45) is 5.73 Å². The fourth-order valence-corrected chi connectivity index (χ4v) is 2.65. The Hall–Kier alpha value is -1.59. The molecule has 0 saturated carbocycles. The fourth-order valence-electron chi connectivity index (χ4n) is 2.65. The van der Waals surface area contributed by atoms with Gasteiger partial charge in [0.2, 0.25) is 5.91 Å². The summed E-state index contributed by atoms with van der Waals surface area (Å²) in [6.45, 7) is 6.38. The van der Waals surface area contributed by atoms with Crippen molar-refractivity contribution < 1.29 is 9.53 Å². The van der Waals surface area contributed by atoms with Gasteiger partial charge in [-0.3, -0.25) is 9.69 Å². The maximum atomic E-state index is 11.9. The molecular weight excluding hydrogens is 266 g/mol. The smallest absolute Gasteiger partial charge is 0.239 e. The number of nitrogens with one attached hydrogen (secondary N) is 1. The van der Waals surface area contributed by atoms with Crippen LogP contribution in [0.15, 0.2) is 24.3 Å². The van der Waals surface area contributed by atoms with E-state index in [4.69, 9.17) is 10.5 Å². The molecule has 0 aliphatic carbocycles. The van der Waals surface area contributed by atoms with Gasteiger partial charge in [0.25, 0.3) is 0 Å². The van der Waals surface area contributed by atoms with Gasteiger partial charge < -0.3 is 15.8 Å². The average Bonchev–Trinajstić information content (AvgIpc) is 2.75. The lowest BCUT2D eigenvalue weighted by Gasteiger charge is -2.28. The summed E-state index contributed by atoms with van der Waals surface area (Å²) in [4.78, 5) is 14.1. The second kappa shape index (κ2) is 8.00. The van der Waals surface area contributed by atoms with Gasteiger partial charge in [-0.25, -0.2) is 0 Å². The van der Waals surface area contributed by atoms with Crippen molar-refractivity contribution in [3.8, 4) is 5.75 Å². The topological polar surface area (TPSA) is 67.6 Å². The molecule has 1 heterocycles. The molecule has 1 amide bonds. The molecule has 1 aliphatic rings. The zero-order valence-corrected chi connectivity index (χ0v) is 12.7. The number of nitrogens with zero attached hydrogens (tertiary/aromatic N) is 1. The Morgan fingerprint density at radius 2 is 2.10 bits per heavy atom. The average molecular weight is 291 g/mol. The van der Waals surface area contributed by atoms with Crippen LogP contribution in [0.2, 0.25) is 0 Å². The van der Waals surface area contributed by atoms with Gasteiger partial charge >= 0.3 is 0 Å². The lowest BCUT2D eigenvalue weighted by Crippen LogP contribution is -2.39. The van der Waals surface area contributed by atoms with Crippen LogP contribution in [0.4, 0.5) is 0 Å². The van der Waals surface area contributed by atoms with Gasteiger partial charge in [-0.1, -0.05) is 19.1 Å². The number of ether oxygens (including phenoxy) is 1.